The third kappa shape index (κ3) is 9.78. The van der Waals surface area contributed by atoms with Crippen molar-refractivity contribution in [1.82, 2.24) is 0 Å². The van der Waals surface area contributed by atoms with E-state index < -0.39 is 0 Å². The molecule has 0 aliphatic rings. The molecular weight excluding hydrogens is 189 g/mol. The number of rotatable bonds is 0. The van der Waals surface area contributed by atoms with Crippen molar-refractivity contribution in [2.24, 2.45) is 0 Å². The summed E-state index contributed by atoms with van der Waals surface area (Å²) in [6.07, 6.45) is 0. The van der Waals surface area contributed by atoms with Gasteiger partial charge in [-0.2, -0.15) is 0 Å². The molecule has 4 heteroatoms. The van der Waals surface area contributed by atoms with Gasteiger partial charge in [-0.3, -0.25) is 0 Å². The predicted octanol–water partition coefficient (Wildman–Crippen LogP) is -0.126. The molecule has 0 aromatic carbocycles. The molecule has 0 aliphatic heterocycles. The van der Waals surface area contributed by atoms with Crippen LogP contribution in [-0.4, -0.2) is 0 Å². The van der Waals surface area contributed by atoms with Crippen LogP contribution in [0, 0.1) is 0 Å². The molecule has 4 heavy (non-hydrogen) atoms. The van der Waals surface area contributed by atoms with Crippen LogP contribution in [0.2, 0.25) is 0 Å². The van der Waals surface area contributed by atoms with Crippen molar-refractivity contribution in [3.63, 3.8) is 0 Å². The van der Waals surface area contributed by atoms with E-state index in [0.717, 1.165) is 0 Å². The van der Waals surface area contributed by atoms with Crippen LogP contribution in [0.1, 0.15) is 0 Å². The van der Waals surface area contributed by atoms with Crippen LogP contribution in [0.5, 0.6) is 0 Å². The van der Waals surface area contributed by atoms with Crippen LogP contribution >= 0.6 is 0 Å². The Morgan fingerprint density at radius 2 is 1.25 bits per heavy atom. The van der Waals surface area contributed by atoms with Gasteiger partial charge in [-0.25, -0.2) is 0 Å². The Kier molecular flexibility index (Phi) is 111. The smallest absolute Gasteiger partial charge is 0 e. The first-order valence-electron chi connectivity index (χ1n) is 0.144. The fraction of sp³-hybridized carbons (Fsp3) is 0. The zero-order valence-electron chi connectivity index (χ0n) is 1.88. The minimum Gasteiger partial charge on any atom is 0 e. The molecular formula is CrFeOZn. The van der Waals surface area contributed by atoms with Gasteiger partial charge in [-0.1, -0.05) is 0 Å². The van der Waals surface area contributed by atoms with E-state index >= 15 is 0 Å². The number of hydrogen-bond donors (Lipinski definition) is 0. The molecule has 0 N–H and O–H groups in total. The first-order chi connectivity index (χ1) is 1.00. The Bertz CT molecular complexity index is 8.00. The van der Waals surface area contributed by atoms with Crippen molar-refractivity contribution in [2.75, 3.05) is 0 Å². The first-order valence-corrected chi connectivity index (χ1v) is 0.595. The average Bonchev–Trinajstić information content (AvgIpc) is 1.00. The SMILES string of the molecule is [Cr].[O]=[Fe].[Zn]. The van der Waals surface area contributed by atoms with E-state index in [-0.39, 0.29) is 36.8 Å². The Hall–Kier alpha value is 1.48. The summed E-state index contributed by atoms with van der Waals surface area (Å²) in [6.45, 7) is 0. The Morgan fingerprint density at radius 1 is 1.25 bits per heavy atom. The molecule has 22 valence electrons. The van der Waals surface area contributed by atoms with Gasteiger partial charge < -0.3 is 0 Å². The molecule has 0 aromatic rings. The van der Waals surface area contributed by atoms with Crippen molar-refractivity contribution in [3.05, 3.63) is 0 Å². The summed E-state index contributed by atoms with van der Waals surface area (Å²) in [5.41, 5.74) is 0. The number of hydrogen-bond acceptors (Lipinski definition) is 1. The maximum Gasteiger partial charge on any atom is 0 e. The quantitative estimate of drug-likeness (QED) is 0.485. The van der Waals surface area contributed by atoms with E-state index in [4.69, 9.17) is 3.83 Å². The topological polar surface area (TPSA) is 17.1 Å². The van der Waals surface area contributed by atoms with Crippen molar-refractivity contribution in [2.45, 2.75) is 0 Å². The first kappa shape index (κ1) is 17.9. The molecule has 0 rings (SSSR count). The van der Waals surface area contributed by atoms with Crippen LogP contribution in [0.15, 0.2) is 0 Å². The summed E-state index contributed by atoms with van der Waals surface area (Å²) in [5, 5.41) is 0. The van der Waals surface area contributed by atoms with E-state index in [1.54, 1.807) is 0 Å². The molecule has 0 bridgehead atoms. The largest absolute Gasteiger partial charge is 0 e. The van der Waals surface area contributed by atoms with Gasteiger partial charge in [0, 0.05) is 36.8 Å². The minimum atomic E-state index is 0. The van der Waals surface area contributed by atoms with Gasteiger partial charge in [-0.05, 0) is 0 Å². The second-order valence-electron chi connectivity index (χ2n) is 0. The van der Waals surface area contributed by atoms with E-state index in [2.05, 4.69) is 0 Å². The molecule has 0 aromatic heterocycles. The predicted molar refractivity (Wildman–Crippen MR) is 0.686 cm³/mol. The second-order valence-corrected chi connectivity index (χ2v) is 0. The van der Waals surface area contributed by atoms with E-state index in [1.807, 2.05) is 15.9 Å². The van der Waals surface area contributed by atoms with E-state index in [9.17, 15) is 0 Å². The molecule has 0 saturated carbocycles. The molecule has 0 aliphatic carbocycles. The van der Waals surface area contributed by atoms with Crippen molar-refractivity contribution in [3.8, 4) is 0 Å². The van der Waals surface area contributed by atoms with Gasteiger partial charge >= 0.3 is 19.8 Å². The Balaban J connectivity index is -0.00000000500. The van der Waals surface area contributed by atoms with Crippen LogP contribution in [0.25, 0.3) is 0 Å². The molecule has 1 nitrogen and oxygen atoms in total. The van der Waals surface area contributed by atoms with Crippen LogP contribution in [0.3, 0.4) is 0 Å². The summed E-state index contributed by atoms with van der Waals surface area (Å²) in [4.78, 5) is 0. The molecule has 0 amide bonds. The van der Waals surface area contributed by atoms with E-state index in [0.29, 0.717) is 0 Å². The molecule has 0 spiro atoms. The summed E-state index contributed by atoms with van der Waals surface area (Å²) in [7, 11) is 0. The van der Waals surface area contributed by atoms with Crippen molar-refractivity contribution < 1.29 is 56.6 Å². The molecule has 0 heterocycles. The molecule has 0 saturated heterocycles. The van der Waals surface area contributed by atoms with Gasteiger partial charge in [0.25, 0.3) is 0 Å². The summed E-state index contributed by atoms with van der Waals surface area (Å²) < 4.78 is 8.00. The van der Waals surface area contributed by atoms with Gasteiger partial charge in [0.15, 0.2) is 0 Å². The summed E-state index contributed by atoms with van der Waals surface area (Å²) >= 11 is 2.00. The van der Waals surface area contributed by atoms with Crippen LogP contribution in [0.4, 0.5) is 0 Å². The molecule has 0 atom stereocenters. The van der Waals surface area contributed by atoms with Gasteiger partial charge in [-0.15, -0.1) is 0 Å². The normalized spacial score (nSPS) is 1.25. The zero-order chi connectivity index (χ0) is 2.00. The maximum atomic E-state index is 8.00. The van der Waals surface area contributed by atoms with Gasteiger partial charge in [0.05, 0.1) is 0 Å². The zero-order valence-corrected chi connectivity index (χ0v) is 7.22. The van der Waals surface area contributed by atoms with Gasteiger partial charge in [0.2, 0.25) is 0 Å². The third-order valence-electron chi connectivity index (χ3n) is 0. The van der Waals surface area contributed by atoms with Crippen molar-refractivity contribution in [1.29, 1.82) is 0 Å². The molecule has 0 fully saturated rings. The van der Waals surface area contributed by atoms with Crippen molar-refractivity contribution >= 4 is 0 Å². The molecule has 0 unspecified atom stereocenters. The fourth-order valence-electron chi connectivity index (χ4n) is 0. The monoisotopic (exact) mass is 188 g/mol. The summed E-state index contributed by atoms with van der Waals surface area (Å²) in [5.74, 6) is 0. The minimum absolute atomic E-state index is 0. The van der Waals surface area contributed by atoms with Crippen LogP contribution < -0.4 is 0 Å². The maximum absolute atomic E-state index is 8.00. The Morgan fingerprint density at radius 3 is 1.25 bits per heavy atom. The van der Waals surface area contributed by atoms with E-state index in [1.165, 1.54) is 0 Å². The average molecular weight is 189 g/mol. The standard InChI is InChI=1S/Cr.Fe.O.Zn. The third-order valence-corrected chi connectivity index (χ3v) is 0. The molecule has 0 radical (unpaired) electrons. The Labute approximate surface area is 56.4 Å². The second kappa shape index (κ2) is 24.8. The van der Waals surface area contributed by atoms with Gasteiger partial charge in [0.1, 0.15) is 0 Å². The summed E-state index contributed by atoms with van der Waals surface area (Å²) in [6, 6.07) is 0. The van der Waals surface area contributed by atoms with Crippen LogP contribution in [-0.2, 0) is 56.6 Å². The fourth-order valence-corrected chi connectivity index (χ4v) is 0.